The van der Waals surface area contributed by atoms with Crippen molar-refractivity contribution in [1.29, 1.82) is 5.26 Å². The molecule has 0 spiro atoms. The van der Waals surface area contributed by atoms with E-state index in [9.17, 15) is 12.8 Å². The van der Waals surface area contributed by atoms with Crippen molar-refractivity contribution >= 4 is 33.0 Å². The minimum atomic E-state index is -4.23. The minimum Gasteiger partial charge on any atom is -0.399 e. The maximum atomic E-state index is 13.7. The van der Waals surface area contributed by atoms with Crippen molar-refractivity contribution in [3.8, 4) is 6.07 Å². The molecule has 0 unspecified atom stereocenters. The molecule has 2 rings (SSSR count). The standard InChI is InChI=1S/C13H9ClFN3O2S/c14-9-2-1-8(7-16)12(5-9)18-21(19,20)13-6-10(17)3-4-11(13)15/h1-6,18H,17H2. The Morgan fingerprint density at radius 2 is 1.95 bits per heavy atom. The Hall–Kier alpha value is -2.30. The maximum Gasteiger partial charge on any atom is 0.264 e. The van der Waals surface area contributed by atoms with Crippen molar-refractivity contribution in [2.75, 3.05) is 10.5 Å². The van der Waals surface area contributed by atoms with Crippen LogP contribution in [0.2, 0.25) is 5.02 Å². The second-order valence-electron chi connectivity index (χ2n) is 4.10. The van der Waals surface area contributed by atoms with Crippen LogP contribution in [-0.4, -0.2) is 8.42 Å². The summed E-state index contributed by atoms with van der Waals surface area (Å²) in [5, 5.41) is 9.19. The number of hydrogen-bond acceptors (Lipinski definition) is 4. The van der Waals surface area contributed by atoms with Gasteiger partial charge in [0, 0.05) is 10.7 Å². The molecular formula is C13H9ClFN3O2S. The van der Waals surface area contributed by atoms with Crippen LogP contribution in [0.3, 0.4) is 0 Å². The third-order valence-corrected chi connectivity index (χ3v) is 4.21. The number of sulfonamides is 1. The Kier molecular flexibility index (Phi) is 4.02. The Morgan fingerprint density at radius 1 is 1.24 bits per heavy atom. The lowest BCUT2D eigenvalue weighted by molar-refractivity contribution is 0.570. The third-order valence-electron chi connectivity index (χ3n) is 2.59. The fourth-order valence-corrected chi connectivity index (χ4v) is 2.98. The molecule has 0 saturated carbocycles. The predicted molar refractivity (Wildman–Crippen MR) is 77.8 cm³/mol. The van der Waals surface area contributed by atoms with Crippen molar-refractivity contribution in [3.63, 3.8) is 0 Å². The van der Waals surface area contributed by atoms with Crippen molar-refractivity contribution < 1.29 is 12.8 Å². The van der Waals surface area contributed by atoms with E-state index >= 15 is 0 Å². The van der Waals surface area contributed by atoms with E-state index in [4.69, 9.17) is 22.6 Å². The topological polar surface area (TPSA) is 96.0 Å². The highest BCUT2D eigenvalue weighted by molar-refractivity contribution is 7.92. The summed E-state index contributed by atoms with van der Waals surface area (Å²) in [7, 11) is -4.23. The average molecular weight is 326 g/mol. The monoisotopic (exact) mass is 325 g/mol. The number of rotatable bonds is 3. The lowest BCUT2D eigenvalue weighted by Crippen LogP contribution is -2.15. The van der Waals surface area contributed by atoms with Gasteiger partial charge in [0.15, 0.2) is 0 Å². The number of nitrogens with two attached hydrogens (primary N) is 1. The van der Waals surface area contributed by atoms with Gasteiger partial charge in [-0.05, 0) is 36.4 Å². The number of nitrogens with zero attached hydrogens (tertiary/aromatic N) is 1. The van der Waals surface area contributed by atoms with E-state index in [0.717, 1.165) is 12.1 Å². The fourth-order valence-electron chi connectivity index (χ4n) is 1.62. The molecule has 0 radical (unpaired) electrons. The van der Waals surface area contributed by atoms with Crippen LogP contribution < -0.4 is 10.5 Å². The first kappa shape index (κ1) is 15.1. The summed E-state index contributed by atoms with van der Waals surface area (Å²) in [4.78, 5) is -0.605. The summed E-state index contributed by atoms with van der Waals surface area (Å²) in [5.41, 5.74) is 5.59. The molecule has 0 amide bonds. The van der Waals surface area contributed by atoms with Gasteiger partial charge in [0.25, 0.3) is 10.0 Å². The number of nitrogen functional groups attached to an aromatic ring is 1. The molecule has 2 aromatic carbocycles. The van der Waals surface area contributed by atoms with Crippen molar-refractivity contribution in [2.45, 2.75) is 4.90 Å². The van der Waals surface area contributed by atoms with Crippen LogP contribution in [0.5, 0.6) is 0 Å². The van der Waals surface area contributed by atoms with E-state index in [1.165, 1.54) is 24.3 Å². The number of benzene rings is 2. The zero-order valence-corrected chi connectivity index (χ0v) is 12.0. The molecule has 0 saturated heterocycles. The second-order valence-corrected chi connectivity index (χ2v) is 6.18. The van der Waals surface area contributed by atoms with Gasteiger partial charge in [0.05, 0.1) is 11.3 Å². The van der Waals surface area contributed by atoms with E-state index in [1.54, 1.807) is 0 Å². The first-order valence-corrected chi connectivity index (χ1v) is 7.47. The normalized spacial score (nSPS) is 10.9. The zero-order valence-electron chi connectivity index (χ0n) is 10.5. The quantitative estimate of drug-likeness (QED) is 0.848. The molecule has 108 valence electrons. The Morgan fingerprint density at radius 3 is 2.62 bits per heavy atom. The van der Waals surface area contributed by atoms with Crippen LogP contribution in [0.25, 0.3) is 0 Å². The zero-order chi connectivity index (χ0) is 15.6. The largest absolute Gasteiger partial charge is 0.399 e. The molecule has 5 nitrogen and oxygen atoms in total. The van der Waals surface area contributed by atoms with Crippen LogP contribution in [0.1, 0.15) is 5.56 Å². The summed E-state index contributed by atoms with van der Waals surface area (Å²) in [6.07, 6.45) is 0. The van der Waals surface area contributed by atoms with Gasteiger partial charge in [0.2, 0.25) is 0 Å². The first-order valence-electron chi connectivity index (χ1n) is 5.61. The fraction of sp³-hybridized carbons (Fsp3) is 0. The van der Waals surface area contributed by atoms with Crippen molar-refractivity contribution in [3.05, 3.63) is 52.8 Å². The highest BCUT2D eigenvalue weighted by Crippen LogP contribution is 2.25. The van der Waals surface area contributed by atoms with Crippen LogP contribution >= 0.6 is 11.6 Å². The molecule has 0 aliphatic carbocycles. The molecule has 2 aromatic rings. The molecule has 0 heterocycles. The number of anilines is 2. The highest BCUT2D eigenvalue weighted by atomic mass is 35.5. The Balaban J connectivity index is 2.50. The van der Waals surface area contributed by atoms with Gasteiger partial charge in [-0.2, -0.15) is 5.26 Å². The van der Waals surface area contributed by atoms with E-state index < -0.39 is 20.7 Å². The third kappa shape index (κ3) is 3.24. The van der Waals surface area contributed by atoms with Gasteiger partial charge in [-0.1, -0.05) is 11.6 Å². The second kappa shape index (κ2) is 5.60. The number of hydrogen-bond donors (Lipinski definition) is 2. The smallest absolute Gasteiger partial charge is 0.264 e. The molecule has 0 atom stereocenters. The van der Waals surface area contributed by atoms with Crippen LogP contribution in [0, 0.1) is 17.1 Å². The average Bonchev–Trinajstić information content (AvgIpc) is 2.41. The van der Waals surface area contributed by atoms with Crippen LogP contribution in [0.4, 0.5) is 15.8 Å². The molecular weight excluding hydrogens is 317 g/mol. The predicted octanol–water partition coefficient (Wildman–Crippen LogP) is 2.73. The molecule has 3 N–H and O–H groups in total. The molecule has 0 aromatic heterocycles. The minimum absolute atomic E-state index is 0.0353. The Bertz CT molecular complexity index is 847. The van der Waals surface area contributed by atoms with Gasteiger partial charge in [-0.15, -0.1) is 0 Å². The first-order chi connectivity index (χ1) is 9.83. The molecule has 8 heteroatoms. The van der Waals surface area contributed by atoms with Crippen molar-refractivity contribution in [1.82, 2.24) is 0 Å². The van der Waals surface area contributed by atoms with E-state index in [2.05, 4.69) is 4.72 Å². The van der Waals surface area contributed by atoms with Gasteiger partial charge in [0.1, 0.15) is 16.8 Å². The van der Waals surface area contributed by atoms with Crippen molar-refractivity contribution in [2.24, 2.45) is 0 Å². The molecule has 0 aliphatic heterocycles. The Labute approximate surface area is 125 Å². The number of nitriles is 1. The molecule has 21 heavy (non-hydrogen) atoms. The summed E-state index contributed by atoms with van der Waals surface area (Å²) >= 11 is 5.77. The highest BCUT2D eigenvalue weighted by Gasteiger charge is 2.21. The summed E-state index contributed by atoms with van der Waals surface area (Å²) in [5.74, 6) is -0.947. The molecule has 0 aliphatic rings. The summed E-state index contributed by atoms with van der Waals surface area (Å²) < 4.78 is 40.2. The van der Waals surface area contributed by atoms with Gasteiger partial charge in [-0.3, -0.25) is 4.72 Å². The molecule has 0 bridgehead atoms. The summed E-state index contributed by atoms with van der Waals surface area (Å²) in [6.45, 7) is 0. The van der Waals surface area contributed by atoms with Gasteiger partial charge >= 0.3 is 0 Å². The van der Waals surface area contributed by atoms with E-state index in [-0.39, 0.29) is 22.0 Å². The van der Waals surface area contributed by atoms with E-state index in [1.807, 2.05) is 6.07 Å². The lowest BCUT2D eigenvalue weighted by Gasteiger charge is -2.11. The number of nitrogens with one attached hydrogen (secondary N) is 1. The summed E-state index contributed by atoms with van der Waals surface area (Å²) in [6, 6.07) is 9.08. The van der Waals surface area contributed by atoms with Crippen LogP contribution in [-0.2, 0) is 10.0 Å². The molecule has 0 fully saturated rings. The SMILES string of the molecule is N#Cc1ccc(Cl)cc1NS(=O)(=O)c1cc(N)ccc1F. The van der Waals surface area contributed by atoms with Gasteiger partial charge < -0.3 is 5.73 Å². The van der Waals surface area contributed by atoms with Gasteiger partial charge in [-0.25, -0.2) is 12.8 Å². The maximum absolute atomic E-state index is 13.7. The number of halogens is 2. The van der Waals surface area contributed by atoms with E-state index in [0.29, 0.717) is 0 Å². The lowest BCUT2D eigenvalue weighted by atomic mass is 10.2. The van der Waals surface area contributed by atoms with Crippen LogP contribution in [0.15, 0.2) is 41.3 Å².